The van der Waals surface area contributed by atoms with E-state index in [9.17, 15) is 0 Å². The lowest BCUT2D eigenvalue weighted by atomic mass is 9.99. The van der Waals surface area contributed by atoms with E-state index in [0.29, 0.717) is 23.4 Å². The zero-order valence-corrected chi connectivity index (χ0v) is 29.7. The van der Waals surface area contributed by atoms with Crippen LogP contribution in [0.4, 0.5) is 0 Å². The van der Waals surface area contributed by atoms with Gasteiger partial charge in [0.25, 0.3) is 0 Å². The van der Waals surface area contributed by atoms with Gasteiger partial charge in [0.1, 0.15) is 0 Å². The van der Waals surface area contributed by atoms with Gasteiger partial charge in [-0.25, -0.2) is 24.9 Å². The summed E-state index contributed by atoms with van der Waals surface area (Å²) in [5.41, 5.74) is 10.8. The van der Waals surface area contributed by atoms with Crippen molar-refractivity contribution < 1.29 is 0 Å². The molecule has 10 rings (SSSR count). The molecule has 6 heteroatoms. The highest BCUT2D eigenvalue weighted by Gasteiger charge is 2.17. The van der Waals surface area contributed by atoms with Crippen molar-refractivity contribution in [3.05, 3.63) is 194 Å². The molecule has 0 N–H and O–H groups in total. The standard InChI is InChI=1S/C49H32N6/c1-4-15-34(16-5-1)42-32-43(51-49(50-42)55-44-25-12-10-23-40(44)41-24-11-13-26-45(41)55)39-22-14-21-38(31-39)33-27-29-37(30-28-33)48-53-46(35-17-6-2-7-18-35)52-47(54-48)36-19-8-3-9-20-36/h1-32H. The lowest BCUT2D eigenvalue weighted by Gasteiger charge is -2.12. The number of hydrogen-bond donors (Lipinski definition) is 0. The first-order valence-electron chi connectivity index (χ1n) is 18.3. The van der Waals surface area contributed by atoms with Crippen LogP contribution < -0.4 is 0 Å². The number of benzene rings is 7. The molecule has 55 heavy (non-hydrogen) atoms. The Labute approximate surface area is 318 Å². The van der Waals surface area contributed by atoms with Crippen molar-refractivity contribution in [2.75, 3.05) is 0 Å². The summed E-state index contributed by atoms with van der Waals surface area (Å²) in [7, 11) is 0. The predicted molar refractivity (Wildman–Crippen MR) is 222 cm³/mol. The van der Waals surface area contributed by atoms with Crippen molar-refractivity contribution in [3.8, 4) is 73.8 Å². The summed E-state index contributed by atoms with van der Waals surface area (Å²) in [5, 5.41) is 2.34. The van der Waals surface area contributed by atoms with Gasteiger partial charge in [-0.3, -0.25) is 4.57 Å². The monoisotopic (exact) mass is 704 g/mol. The smallest absolute Gasteiger partial charge is 0.235 e. The van der Waals surface area contributed by atoms with E-state index in [1.165, 1.54) is 10.8 Å². The molecule has 3 heterocycles. The first kappa shape index (κ1) is 32.1. The highest BCUT2D eigenvalue weighted by molar-refractivity contribution is 6.09. The number of hydrogen-bond acceptors (Lipinski definition) is 5. The van der Waals surface area contributed by atoms with Crippen LogP contribution in [0.2, 0.25) is 0 Å². The molecular formula is C49H32N6. The van der Waals surface area contributed by atoms with Crippen LogP contribution in [0.1, 0.15) is 0 Å². The van der Waals surface area contributed by atoms with Crippen LogP contribution >= 0.6 is 0 Å². The van der Waals surface area contributed by atoms with Gasteiger partial charge < -0.3 is 0 Å². The summed E-state index contributed by atoms with van der Waals surface area (Å²) in [6.45, 7) is 0. The molecule has 0 aliphatic heterocycles. The Morgan fingerprint density at radius 1 is 0.273 bits per heavy atom. The third-order valence-electron chi connectivity index (χ3n) is 9.90. The van der Waals surface area contributed by atoms with E-state index in [-0.39, 0.29) is 0 Å². The molecule has 0 saturated carbocycles. The minimum atomic E-state index is 0.625. The molecule has 7 aromatic carbocycles. The van der Waals surface area contributed by atoms with Crippen molar-refractivity contribution in [1.29, 1.82) is 0 Å². The molecule has 0 aliphatic rings. The lowest BCUT2D eigenvalue weighted by molar-refractivity contribution is 0.995. The van der Waals surface area contributed by atoms with Crippen LogP contribution in [0.15, 0.2) is 194 Å². The van der Waals surface area contributed by atoms with Crippen LogP contribution in [-0.2, 0) is 0 Å². The largest absolute Gasteiger partial charge is 0.278 e. The zero-order chi connectivity index (χ0) is 36.6. The third-order valence-corrected chi connectivity index (χ3v) is 9.90. The van der Waals surface area contributed by atoms with E-state index < -0.39 is 0 Å². The van der Waals surface area contributed by atoms with Crippen molar-refractivity contribution >= 4 is 21.8 Å². The van der Waals surface area contributed by atoms with Crippen molar-refractivity contribution in [1.82, 2.24) is 29.5 Å². The Hall–Kier alpha value is -7.57. The maximum Gasteiger partial charge on any atom is 0.235 e. The maximum absolute atomic E-state index is 5.26. The van der Waals surface area contributed by atoms with Gasteiger partial charge in [-0.15, -0.1) is 0 Å². The fourth-order valence-electron chi connectivity index (χ4n) is 7.18. The number of aromatic nitrogens is 6. The van der Waals surface area contributed by atoms with Crippen LogP contribution in [0.25, 0.3) is 95.6 Å². The molecule has 10 aromatic rings. The Bertz CT molecular complexity index is 2850. The molecule has 3 aromatic heterocycles. The zero-order valence-electron chi connectivity index (χ0n) is 29.7. The fourth-order valence-corrected chi connectivity index (χ4v) is 7.18. The van der Waals surface area contributed by atoms with Crippen molar-refractivity contribution in [2.45, 2.75) is 0 Å². The van der Waals surface area contributed by atoms with Gasteiger partial charge >= 0.3 is 0 Å². The van der Waals surface area contributed by atoms with Gasteiger partial charge in [0.15, 0.2) is 17.5 Å². The van der Waals surface area contributed by atoms with Crippen LogP contribution in [0.3, 0.4) is 0 Å². The lowest BCUT2D eigenvalue weighted by Crippen LogP contribution is -2.04. The molecule has 0 bridgehead atoms. The number of rotatable bonds is 7. The van der Waals surface area contributed by atoms with E-state index in [0.717, 1.165) is 61.4 Å². The van der Waals surface area contributed by atoms with Gasteiger partial charge in [-0.2, -0.15) is 0 Å². The van der Waals surface area contributed by atoms with E-state index in [4.69, 9.17) is 24.9 Å². The van der Waals surface area contributed by atoms with Gasteiger partial charge in [0.05, 0.1) is 22.4 Å². The summed E-state index contributed by atoms with van der Waals surface area (Å²) in [4.78, 5) is 25.1. The Morgan fingerprint density at radius 2 is 0.673 bits per heavy atom. The van der Waals surface area contributed by atoms with E-state index in [1.54, 1.807) is 0 Å². The Kier molecular flexibility index (Phi) is 8.04. The van der Waals surface area contributed by atoms with E-state index in [2.05, 4.69) is 120 Å². The number of fused-ring (bicyclic) bond motifs is 3. The van der Waals surface area contributed by atoms with Crippen LogP contribution in [-0.4, -0.2) is 29.5 Å². The van der Waals surface area contributed by atoms with E-state index >= 15 is 0 Å². The second-order valence-electron chi connectivity index (χ2n) is 13.4. The quantitative estimate of drug-likeness (QED) is 0.165. The predicted octanol–water partition coefficient (Wildman–Crippen LogP) is 11.8. The normalized spacial score (nSPS) is 11.3. The molecular weight excluding hydrogens is 673 g/mol. The van der Waals surface area contributed by atoms with Gasteiger partial charge in [0.2, 0.25) is 5.95 Å². The summed E-state index contributed by atoms with van der Waals surface area (Å²) in [6.07, 6.45) is 0. The molecule has 0 spiro atoms. The number of para-hydroxylation sites is 2. The molecule has 0 atom stereocenters. The van der Waals surface area contributed by atoms with Crippen molar-refractivity contribution in [3.63, 3.8) is 0 Å². The highest BCUT2D eigenvalue weighted by atomic mass is 15.2. The molecule has 258 valence electrons. The highest BCUT2D eigenvalue weighted by Crippen LogP contribution is 2.34. The first-order valence-corrected chi connectivity index (χ1v) is 18.3. The van der Waals surface area contributed by atoms with Gasteiger partial charge in [-0.05, 0) is 35.4 Å². The molecule has 0 amide bonds. The molecule has 0 fully saturated rings. The minimum absolute atomic E-state index is 0.625. The third kappa shape index (κ3) is 6.11. The van der Waals surface area contributed by atoms with Gasteiger partial charge in [0, 0.05) is 38.6 Å². The first-order chi connectivity index (χ1) is 27.2. The molecule has 6 nitrogen and oxygen atoms in total. The Morgan fingerprint density at radius 3 is 1.22 bits per heavy atom. The molecule has 0 radical (unpaired) electrons. The number of nitrogens with zero attached hydrogens (tertiary/aromatic N) is 6. The van der Waals surface area contributed by atoms with Crippen LogP contribution in [0, 0.1) is 0 Å². The second-order valence-corrected chi connectivity index (χ2v) is 13.4. The topological polar surface area (TPSA) is 69.4 Å². The molecule has 0 aliphatic carbocycles. The van der Waals surface area contributed by atoms with Gasteiger partial charge in [-0.1, -0.05) is 170 Å². The Balaban J connectivity index is 1.05. The molecule has 0 unspecified atom stereocenters. The SMILES string of the molecule is c1ccc(-c2cc(-c3cccc(-c4ccc(-c5nc(-c6ccccc6)nc(-c6ccccc6)n5)cc4)c3)nc(-n3c4ccccc4c4ccccc43)n2)cc1. The fraction of sp³-hybridized carbons (Fsp3) is 0. The maximum atomic E-state index is 5.26. The summed E-state index contributed by atoms with van der Waals surface area (Å²) in [5.74, 6) is 2.54. The molecule has 0 saturated heterocycles. The second kappa shape index (κ2) is 13.8. The van der Waals surface area contributed by atoms with E-state index in [1.807, 2.05) is 78.9 Å². The van der Waals surface area contributed by atoms with Crippen LogP contribution in [0.5, 0.6) is 0 Å². The summed E-state index contributed by atoms with van der Waals surface area (Å²) >= 11 is 0. The van der Waals surface area contributed by atoms with Crippen molar-refractivity contribution in [2.24, 2.45) is 0 Å². The average molecular weight is 705 g/mol. The summed E-state index contributed by atoms with van der Waals surface area (Å²) < 4.78 is 2.18. The summed E-state index contributed by atoms with van der Waals surface area (Å²) in [6, 6.07) is 66.3. The minimum Gasteiger partial charge on any atom is -0.278 e. The average Bonchev–Trinajstić information content (AvgIpc) is 3.61.